The van der Waals surface area contributed by atoms with E-state index in [1.165, 1.54) is 12.0 Å². The Hall–Kier alpha value is -2.30. The van der Waals surface area contributed by atoms with Crippen molar-refractivity contribution in [3.8, 4) is 0 Å². The van der Waals surface area contributed by atoms with Crippen molar-refractivity contribution < 1.29 is 19.1 Å². The third-order valence-corrected chi connectivity index (χ3v) is 3.17. The Morgan fingerprint density at radius 3 is 2.55 bits per heavy atom. The first-order chi connectivity index (χ1) is 9.69. The molecule has 5 nitrogen and oxygen atoms in total. The Morgan fingerprint density at radius 1 is 1.35 bits per heavy atom. The van der Waals surface area contributed by atoms with Gasteiger partial charge in [0, 0.05) is 0 Å². The van der Waals surface area contributed by atoms with Crippen LogP contribution in [0.2, 0.25) is 0 Å². The Kier molecular flexibility index (Phi) is 4.40. The van der Waals surface area contributed by atoms with Crippen molar-refractivity contribution in [2.24, 2.45) is 0 Å². The molecule has 0 N–H and O–H groups in total. The number of carbonyl (C=O) groups is 2. The van der Waals surface area contributed by atoms with Crippen LogP contribution in [0, 0.1) is 0 Å². The van der Waals surface area contributed by atoms with E-state index in [2.05, 4.69) is 0 Å². The van der Waals surface area contributed by atoms with E-state index in [4.69, 9.17) is 9.47 Å². The molecule has 0 atom stereocenters. The molecular formula is C15H17NO4. The van der Waals surface area contributed by atoms with E-state index < -0.39 is 12.1 Å². The van der Waals surface area contributed by atoms with Crippen molar-refractivity contribution >= 4 is 17.6 Å². The lowest BCUT2D eigenvalue weighted by molar-refractivity contribution is -0.137. The highest BCUT2D eigenvalue weighted by molar-refractivity contribution is 6.00. The van der Waals surface area contributed by atoms with Crippen LogP contribution in [0.25, 0.3) is 5.57 Å². The summed E-state index contributed by atoms with van der Waals surface area (Å²) in [5.74, 6) is -0.524. The highest BCUT2D eigenvalue weighted by Crippen LogP contribution is 2.27. The number of allylic oxidation sites excluding steroid dienone is 1. The van der Waals surface area contributed by atoms with E-state index >= 15 is 0 Å². The fourth-order valence-corrected chi connectivity index (χ4v) is 2.24. The van der Waals surface area contributed by atoms with Gasteiger partial charge in [0.15, 0.2) is 0 Å². The van der Waals surface area contributed by atoms with Gasteiger partial charge in [-0.25, -0.2) is 9.59 Å². The number of ether oxygens (including phenoxy) is 2. The van der Waals surface area contributed by atoms with Crippen molar-refractivity contribution in [1.29, 1.82) is 0 Å². The number of amides is 1. The van der Waals surface area contributed by atoms with Gasteiger partial charge in [0.25, 0.3) is 0 Å². The number of methoxy groups -OCH3 is 1. The molecule has 1 aromatic carbocycles. The van der Waals surface area contributed by atoms with Gasteiger partial charge in [-0.15, -0.1) is 0 Å². The summed E-state index contributed by atoms with van der Waals surface area (Å²) in [6, 6.07) is 9.50. The number of hydrogen-bond acceptors (Lipinski definition) is 4. The summed E-state index contributed by atoms with van der Waals surface area (Å²) < 4.78 is 9.75. The number of benzene rings is 1. The van der Waals surface area contributed by atoms with Crippen LogP contribution >= 0.6 is 0 Å². The van der Waals surface area contributed by atoms with E-state index in [1.807, 2.05) is 37.3 Å². The van der Waals surface area contributed by atoms with Gasteiger partial charge >= 0.3 is 12.1 Å². The van der Waals surface area contributed by atoms with Gasteiger partial charge < -0.3 is 9.47 Å². The molecule has 0 aromatic heterocycles. The van der Waals surface area contributed by atoms with E-state index in [0.717, 1.165) is 11.1 Å². The summed E-state index contributed by atoms with van der Waals surface area (Å²) in [6.45, 7) is 2.58. The van der Waals surface area contributed by atoms with Crippen molar-refractivity contribution in [1.82, 2.24) is 4.90 Å². The van der Waals surface area contributed by atoms with Crippen LogP contribution in [-0.4, -0.2) is 37.2 Å². The number of rotatable bonds is 4. The number of hydrogen-bond donors (Lipinski definition) is 0. The molecule has 0 saturated carbocycles. The maximum atomic E-state index is 12.1. The van der Waals surface area contributed by atoms with Gasteiger partial charge in [0.2, 0.25) is 0 Å². The fourth-order valence-electron chi connectivity index (χ4n) is 2.24. The molecule has 0 unspecified atom stereocenters. The van der Waals surface area contributed by atoms with Gasteiger partial charge in [0.1, 0.15) is 12.3 Å². The Bertz CT molecular complexity index is 536. The molecule has 0 radical (unpaired) electrons. The molecule has 1 aliphatic heterocycles. The standard InChI is InChI=1S/C15H17NO4/c1-3-12(11-7-5-4-6-8-11)13(14(17)19-2)16-9-10-20-15(16)18/h4-8H,3,9-10H2,1-2H3/b13-12-. The molecule has 0 bridgehead atoms. The van der Waals surface area contributed by atoms with Crippen molar-refractivity contribution in [3.63, 3.8) is 0 Å². The van der Waals surface area contributed by atoms with Crippen LogP contribution in [0.5, 0.6) is 0 Å². The first-order valence-corrected chi connectivity index (χ1v) is 6.50. The Morgan fingerprint density at radius 2 is 2.05 bits per heavy atom. The minimum atomic E-state index is -0.524. The van der Waals surface area contributed by atoms with Crippen LogP contribution in [0.1, 0.15) is 18.9 Å². The van der Waals surface area contributed by atoms with E-state index in [1.54, 1.807) is 0 Å². The first kappa shape index (κ1) is 14.1. The Balaban J connectivity index is 2.54. The highest BCUT2D eigenvalue weighted by Gasteiger charge is 2.32. The van der Waals surface area contributed by atoms with Gasteiger partial charge in [0.05, 0.1) is 13.7 Å². The average molecular weight is 275 g/mol. The second-order valence-electron chi connectivity index (χ2n) is 4.30. The summed E-state index contributed by atoms with van der Waals surface area (Å²) >= 11 is 0. The molecule has 2 rings (SSSR count). The zero-order valence-corrected chi connectivity index (χ0v) is 11.6. The predicted molar refractivity (Wildman–Crippen MR) is 73.7 cm³/mol. The number of esters is 1. The lowest BCUT2D eigenvalue weighted by Gasteiger charge is -2.19. The largest absolute Gasteiger partial charge is 0.464 e. The molecule has 0 aliphatic carbocycles. The summed E-state index contributed by atoms with van der Waals surface area (Å²) in [5, 5.41) is 0. The second-order valence-corrected chi connectivity index (χ2v) is 4.30. The maximum Gasteiger partial charge on any atom is 0.414 e. The van der Waals surface area contributed by atoms with Gasteiger partial charge in [-0.1, -0.05) is 37.3 Å². The quantitative estimate of drug-likeness (QED) is 0.625. The van der Waals surface area contributed by atoms with Crippen LogP contribution in [-0.2, 0) is 14.3 Å². The molecular weight excluding hydrogens is 258 g/mol. The molecule has 1 aromatic rings. The molecule has 1 saturated heterocycles. The normalized spacial score (nSPS) is 15.7. The molecule has 1 heterocycles. The molecule has 1 aliphatic rings. The highest BCUT2D eigenvalue weighted by atomic mass is 16.6. The summed E-state index contributed by atoms with van der Waals surface area (Å²) in [7, 11) is 1.31. The summed E-state index contributed by atoms with van der Waals surface area (Å²) in [4.78, 5) is 25.2. The zero-order valence-electron chi connectivity index (χ0n) is 11.6. The van der Waals surface area contributed by atoms with E-state index in [0.29, 0.717) is 13.0 Å². The molecule has 1 fully saturated rings. The number of carbonyl (C=O) groups excluding carboxylic acids is 2. The van der Waals surface area contributed by atoms with Crippen molar-refractivity contribution in [2.75, 3.05) is 20.3 Å². The molecule has 5 heteroatoms. The van der Waals surface area contributed by atoms with Gasteiger partial charge in [-0.05, 0) is 17.6 Å². The summed E-state index contributed by atoms with van der Waals surface area (Å²) in [5.41, 5.74) is 1.94. The molecule has 106 valence electrons. The van der Waals surface area contributed by atoms with Crippen molar-refractivity contribution in [3.05, 3.63) is 41.6 Å². The van der Waals surface area contributed by atoms with Crippen LogP contribution in [0.3, 0.4) is 0 Å². The SMILES string of the molecule is CC/C(=C(\C(=O)OC)N1CCOC1=O)c1ccccc1. The van der Waals surface area contributed by atoms with Crippen LogP contribution in [0.4, 0.5) is 4.79 Å². The first-order valence-electron chi connectivity index (χ1n) is 6.50. The van der Waals surface area contributed by atoms with E-state index in [-0.39, 0.29) is 12.3 Å². The molecule has 1 amide bonds. The molecule has 20 heavy (non-hydrogen) atoms. The number of nitrogens with zero attached hydrogens (tertiary/aromatic N) is 1. The smallest absolute Gasteiger partial charge is 0.414 e. The van der Waals surface area contributed by atoms with E-state index in [9.17, 15) is 9.59 Å². The van der Waals surface area contributed by atoms with Crippen molar-refractivity contribution in [2.45, 2.75) is 13.3 Å². The predicted octanol–water partition coefficient (Wildman–Crippen LogP) is 2.43. The minimum absolute atomic E-state index is 0.267. The lowest BCUT2D eigenvalue weighted by Crippen LogP contribution is -2.30. The third-order valence-electron chi connectivity index (χ3n) is 3.17. The monoisotopic (exact) mass is 275 g/mol. The van der Waals surface area contributed by atoms with Gasteiger partial charge in [-0.2, -0.15) is 0 Å². The lowest BCUT2D eigenvalue weighted by atomic mass is 10.0. The fraction of sp³-hybridized carbons (Fsp3) is 0.333. The maximum absolute atomic E-state index is 12.1. The topological polar surface area (TPSA) is 55.8 Å². The number of cyclic esters (lactones) is 1. The molecule has 0 spiro atoms. The van der Waals surface area contributed by atoms with Crippen LogP contribution in [0.15, 0.2) is 36.0 Å². The third kappa shape index (κ3) is 2.66. The van der Waals surface area contributed by atoms with Crippen LogP contribution < -0.4 is 0 Å². The summed E-state index contributed by atoms with van der Waals surface area (Å²) in [6.07, 6.45) is 0.102. The van der Waals surface area contributed by atoms with Gasteiger partial charge in [-0.3, -0.25) is 4.90 Å². The zero-order chi connectivity index (χ0) is 14.5. The average Bonchev–Trinajstić information content (AvgIpc) is 2.90. The second kappa shape index (κ2) is 6.23. The minimum Gasteiger partial charge on any atom is -0.464 e. The Labute approximate surface area is 117 Å².